The van der Waals surface area contributed by atoms with E-state index in [1.807, 2.05) is 5.32 Å². The van der Waals surface area contributed by atoms with Crippen molar-refractivity contribution in [1.82, 2.24) is 4.98 Å². The Morgan fingerprint density at radius 1 is 0.963 bits per heavy atom. The number of nitrogens with zero attached hydrogens (tertiary/aromatic N) is 1. The van der Waals surface area contributed by atoms with Gasteiger partial charge in [0.2, 0.25) is 5.82 Å². The molecular weight excluding hydrogens is 434 g/mol. The molecule has 1 N–H and O–H groups in total. The molecule has 1 heterocycles. The minimum Gasteiger partial charge on any atom is -0.298 e. The number of carbonyl (C=O) groups excluding carboxylic acids is 1. The first-order chi connectivity index (χ1) is 12.7. The Balaban J connectivity index is 1.92. The average molecular weight is 439 g/mol. The van der Waals surface area contributed by atoms with Gasteiger partial charge in [-0.05, 0) is 18.2 Å². The predicted octanol–water partition coefficient (Wildman–Crippen LogP) is 6.06. The van der Waals surface area contributed by atoms with Crippen molar-refractivity contribution in [2.24, 2.45) is 0 Å². The van der Waals surface area contributed by atoms with Gasteiger partial charge >= 0.3 is 0 Å². The van der Waals surface area contributed by atoms with Crippen LogP contribution in [0, 0.1) is 29.1 Å². The van der Waals surface area contributed by atoms with Gasteiger partial charge in [-0.2, -0.15) is 0 Å². The SMILES string of the molecule is O=C(Nc1nc(-c2ccc(Cl)cc2Cl)cs1)c1c(F)c(F)c(F)c(F)c1F. The molecule has 3 nitrogen and oxygen atoms in total. The second-order valence-electron chi connectivity index (χ2n) is 5.06. The minimum absolute atomic E-state index is 0.134. The van der Waals surface area contributed by atoms with Gasteiger partial charge in [0.25, 0.3) is 5.91 Å². The average Bonchev–Trinajstić information content (AvgIpc) is 3.06. The largest absolute Gasteiger partial charge is 0.298 e. The van der Waals surface area contributed by atoms with Crippen LogP contribution in [0.2, 0.25) is 10.0 Å². The van der Waals surface area contributed by atoms with Crippen molar-refractivity contribution in [2.75, 3.05) is 5.32 Å². The zero-order valence-electron chi connectivity index (χ0n) is 12.7. The number of aromatic nitrogens is 1. The second kappa shape index (κ2) is 7.41. The topological polar surface area (TPSA) is 42.0 Å². The van der Waals surface area contributed by atoms with Gasteiger partial charge in [-0.3, -0.25) is 10.1 Å². The van der Waals surface area contributed by atoms with Crippen LogP contribution in [-0.2, 0) is 0 Å². The molecule has 0 saturated heterocycles. The molecule has 2 aromatic carbocycles. The van der Waals surface area contributed by atoms with Gasteiger partial charge in [-0.1, -0.05) is 23.2 Å². The fraction of sp³-hybridized carbons (Fsp3) is 0. The van der Waals surface area contributed by atoms with Gasteiger partial charge in [0.15, 0.2) is 28.4 Å². The van der Waals surface area contributed by atoms with Crippen LogP contribution in [0.1, 0.15) is 10.4 Å². The molecule has 0 atom stereocenters. The summed E-state index contributed by atoms with van der Waals surface area (Å²) in [7, 11) is 0. The molecule has 0 aliphatic heterocycles. The van der Waals surface area contributed by atoms with Crippen LogP contribution in [0.3, 0.4) is 0 Å². The third-order valence-corrected chi connectivity index (χ3v) is 4.67. The Bertz CT molecular complexity index is 1040. The van der Waals surface area contributed by atoms with Crippen molar-refractivity contribution in [3.63, 3.8) is 0 Å². The number of carbonyl (C=O) groups is 1. The first-order valence-electron chi connectivity index (χ1n) is 6.94. The van der Waals surface area contributed by atoms with Gasteiger partial charge < -0.3 is 0 Å². The summed E-state index contributed by atoms with van der Waals surface area (Å²) in [5.74, 6) is -12.8. The van der Waals surface area contributed by atoms with Crippen LogP contribution in [0.4, 0.5) is 27.1 Å². The molecule has 0 aliphatic carbocycles. The van der Waals surface area contributed by atoms with E-state index in [2.05, 4.69) is 4.98 Å². The van der Waals surface area contributed by atoms with E-state index in [4.69, 9.17) is 23.2 Å². The third-order valence-electron chi connectivity index (χ3n) is 3.37. The van der Waals surface area contributed by atoms with Gasteiger partial charge in [0.05, 0.1) is 10.7 Å². The van der Waals surface area contributed by atoms with Crippen molar-refractivity contribution in [3.05, 3.63) is 68.3 Å². The summed E-state index contributed by atoms with van der Waals surface area (Å²) in [5.41, 5.74) is -0.823. The van der Waals surface area contributed by atoms with Crippen molar-refractivity contribution < 1.29 is 26.7 Å². The van der Waals surface area contributed by atoms with Crippen molar-refractivity contribution >= 4 is 45.6 Å². The third kappa shape index (κ3) is 3.62. The highest BCUT2D eigenvalue weighted by atomic mass is 35.5. The number of thiazole rings is 1. The monoisotopic (exact) mass is 438 g/mol. The Morgan fingerprint density at radius 2 is 1.56 bits per heavy atom. The molecule has 0 aliphatic rings. The first kappa shape index (κ1) is 19.5. The quantitative estimate of drug-likeness (QED) is 0.306. The lowest BCUT2D eigenvalue weighted by atomic mass is 10.1. The number of hydrogen-bond acceptors (Lipinski definition) is 3. The van der Waals surface area contributed by atoms with Crippen LogP contribution < -0.4 is 5.32 Å². The lowest BCUT2D eigenvalue weighted by Gasteiger charge is -2.07. The van der Waals surface area contributed by atoms with Gasteiger partial charge in [-0.15, -0.1) is 11.3 Å². The van der Waals surface area contributed by atoms with Gasteiger partial charge in [0.1, 0.15) is 5.56 Å². The van der Waals surface area contributed by atoms with E-state index in [1.165, 1.54) is 11.4 Å². The van der Waals surface area contributed by atoms with Gasteiger partial charge in [0, 0.05) is 16.0 Å². The number of anilines is 1. The highest BCUT2D eigenvalue weighted by molar-refractivity contribution is 7.14. The molecule has 27 heavy (non-hydrogen) atoms. The fourth-order valence-electron chi connectivity index (χ4n) is 2.12. The summed E-state index contributed by atoms with van der Waals surface area (Å²) in [6.07, 6.45) is 0. The number of rotatable bonds is 3. The van der Waals surface area contributed by atoms with Crippen molar-refractivity contribution in [3.8, 4) is 11.3 Å². The number of benzene rings is 2. The molecule has 3 rings (SSSR count). The summed E-state index contributed by atoms with van der Waals surface area (Å²) in [6, 6.07) is 4.58. The zero-order chi connectivity index (χ0) is 19.9. The maximum Gasteiger partial charge on any atom is 0.263 e. The van der Waals surface area contributed by atoms with E-state index in [0.717, 1.165) is 11.3 Å². The lowest BCUT2D eigenvalue weighted by Crippen LogP contribution is -2.19. The number of hydrogen-bond donors (Lipinski definition) is 1. The van der Waals surface area contributed by atoms with Crippen molar-refractivity contribution in [1.29, 1.82) is 0 Å². The smallest absolute Gasteiger partial charge is 0.263 e. The highest BCUT2D eigenvalue weighted by Gasteiger charge is 2.30. The van der Waals surface area contributed by atoms with E-state index in [9.17, 15) is 26.7 Å². The second-order valence-corrected chi connectivity index (χ2v) is 6.76. The van der Waals surface area contributed by atoms with Crippen LogP contribution in [0.15, 0.2) is 23.6 Å². The molecule has 11 heteroatoms. The molecule has 3 aromatic rings. The molecule has 0 radical (unpaired) electrons. The van der Waals surface area contributed by atoms with E-state index in [1.54, 1.807) is 12.1 Å². The summed E-state index contributed by atoms with van der Waals surface area (Å²) >= 11 is 12.7. The molecular formula is C16H5Cl2F5N2OS. The molecule has 1 amide bonds. The van der Waals surface area contributed by atoms with Crippen LogP contribution in [0.25, 0.3) is 11.3 Å². The number of halogens is 7. The molecule has 140 valence electrons. The summed E-state index contributed by atoms with van der Waals surface area (Å²) in [5, 5.41) is 4.00. The summed E-state index contributed by atoms with van der Waals surface area (Å²) in [4.78, 5) is 16.0. The molecule has 0 saturated carbocycles. The van der Waals surface area contributed by atoms with E-state index in [0.29, 0.717) is 16.3 Å². The van der Waals surface area contributed by atoms with Crippen LogP contribution in [0.5, 0.6) is 0 Å². The zero-order valence-corrected chi connectivity index (χ0v) is 15.0. The molecule has 0 bridgehead atoms. The molecule has 0 spiro atoms. The predicted molar refractivity (Wildman–Crippen MR) is 91.8 cm³/mol. The summed E-state index contributed by atoms with van der Waals surface area (Å²) < 4.78 is 66.9. The van der Waals surface area contributed by atoms with E-state index >= 15 is 0 Å². The molecule has 0 fully saturated rings. The lowest BCUT2D eigenvalue weighted by molar-refractivity contribution is 0.101. The Kier molecular flexibility index (Phi) is 5.36. The minimum atomic E-state index is -2.35. The van der Waals surface area contributed by atoms with Crippen LogP contribution >= 0.6 is 34.5 Å². The van der Waals surface area contributed by atoms with Gasteiger partial charge in [-0.25, -0.2) is 26.9 Å². The van der Waals surface area contributed by atoms with E-state index in [-0.39, 0.29) is 10.2 Å². The number of amides is 1. The maximum atomic E-state index is 13.7. The fourth-order valence-corrected chi connectivity index (χ4v) is 3.33. The van der Waals surface area contributed by atoms with Crippen molar-refractivity contribution in [2.45, 2.75) is 0 Å². The van der Waals surface area contributed by atoms with Crippen LogP contribution in [-0.4, -0.2) is 10.9 Å². The van der Waals surface area contributed by atoms with E-state index < -0.39 is 40.6 Å². The molecule has 1 aromatic heterocycles. The Labute approximate surface area is 162 Å². The first-order valence-corrected chi connectivity index (χ1v) is 8.58. The maximum absolute atomic E-state index is 13.7. The standard InChI is InChI=1S/C16H5Cl2F5N2OS/c17-5-1-2-6(7(18)3-5)8-4-27-16(24-8)25-15(26)9-10(19)12(21)14(23)13(22)11(9)20/h1-4H,(H,24,25,26). The Hall–Kier alpha value is -2.23. The summed E-state index contributed by atoms with van der Waals surface area (Å²) in [6.45, 7) is 0. The number of nitrogens with one attached hydrogen (secondary N) is 1. The normalized spacial score (nSPS) is 10.9. The molecule has 0 unspecified atom stereocenters. The Morgan fingerprint density at radius 3 is 2.15 bits per heavy atom. The highest BCUT2D eigenvalue weighted by Crippen LogP contribution is 2.33.